The molecule has 0 fully saturated rings. The van der Waals surface area contributed by atoms with E-state index in [1.54, 1.807) is 13.0 Å². The molecular weight excluding hydrogens is 268 g/mol. The number of amides is 1. The Kier molecular flexibility index (Phi) is 5.68. The van der Waals surface area contributed by atoms with Crippen LogP contribution in [-0.4, -0.2) is 49.1 Å². The molecule has 0 aliphatic carbocycles. The summed E-state index contributed by atoms with van der Waals surface area (Å²) in [5.74, 6) is 0.160. The van der Waals surface area contributed by atoms with Gasteiger partial charge in [0.05, 0.1) is 5.75 Å². The number of aromatic nitrogens is 2. The number of sulfone groups is 1. The van der Waals surface area contributed by atoms with Gasteiger partial charge in [-0.1, -0.05) is 6.92 Å². The zero-order valence-corrected chi connectivity index (χ0v) is 11.8. The smallest absolute Gasteiger partial charge is 0.271 e. The highest BCUT2D eigenvalue weighted by atomic mass is 32.2. The fourth-order valence-corrected chi connectivity index (χ4v) is 1.99. The second kappa shape index (κ2) is 7.03. The minimum atomic E-state index is -3.07. The molecule has 7 nitrogen and oxygen atoms in total. The van der Waals surface area contributed by atoms with Gasteiger partial charge in [-0.25, -0.2) is 8.42 Å². The molecule has 1 heterocycles. The summed E-state index contributed by atoms with van der Waals surface area (Å²) < 4.78 is 22.5. The number of rotatable bonds is 7. The van der Waals surface area contributed by atoms with Crippen LogP contribution < -0.4 is 10.6 Å². The van der Waals surface area contributed by atoms with E-state index in [1.165, 1.54) is 6.07 Å². The third kappa shape index (κ3) is 5.21. The number of hydrogen-bond acceptors (Lipinski definition) is 6. The van der Waals surface area contributed by atoms with Crippen molar-refractivity contribution in [2.45, 2.75) is 13.8 Å². The summed E-state index contributed by atoms with van der Waals surface area (Å²) in [6, 6.07) is 3.18. The van der Waals surface area contributed by atoms with Crippen molar-refractivity contribution >= 4 is 21.6 Å². The zero-order valence-electron chi connectivity index (χ0n) is 11.0. The van der Waals surface area contributed by atoms with Crippen molar-refractivity contribution in [1.29, 1.82) is 0 Å². The molecule has 8 heteroatoms. The number of carbonyl (C=O) groups excluding carboxylic acids is 1. The van der Waals surface area contributed by atoms with Crippen molar-refractivity contribution in [1.82, 2.24) is 15.5 Å². The van der Waals surface area contributed by atoms with Crippen LogP contribution in [0, 0.1) is 0 Å². The number of carbonyl (C=O) groups is 1. The van der Waals surface area contributed by atoms with E-state index in [9.17, 15) is 13.2 Å². The molecule has 0 atom stereocenters. The van der Waals surface area contributed by atoms with Crippen molar-refractivity contribution in [3.8, 4) is 0 Å². The van der Waals surface area contributed by atoms with E-state index in [2.05, 4.69) is 20.8 Å². The van der Waals surface area contributed by atoms with Crippen LogP contribution in [0.15, 0.2) is 12.1 Å². The Labute approximate surface area is 112 Å². The van der Waals surface area contributed by atoms with E-state index in [4.69, 9.17) is 0 Å². The summed E-state index contributed by atoms with van der Waals surface area (Å²) in [5.41, 5.74) is 0.163. The van der Waals surface area contributed by atoms with Crippen LogP contribution >= 0.6 is 0 Å². The van der Waals surface area contributed by atoms with Crippen LogP contribution in [0.3, 0.4) is 0 Å². The average molecular weight is 286 g/mol. The fraction of sp³-hybridized carbons (Fsp3) is 0.545. The summed E-state index contributed by atoms with van der Waals surface area (Å²) in [6.45, 7) is 4.29. The maximum absolute atomic E-state index is 11.7. The van der Waals surface area contributed by atoms with Gasteiger partial charge in [0.15, 0.2) is 15.5 Å². The van der Waals surface area contributed by atoms with E-state index in [1.807, 2.05) is 6.92 Å². The minimum Gasteiger partial charge on any atom is -0.369 e. The largest absolute Gasteiger partial charge is 0.369 e. The molecule has 1 amide bonds. The van der Waals surface area contributed by atoms with Crippen molar-refractivity contribution in [2.75, 3.05) is 29.9 Å². The monoisotopic (exact) mass is 286 g/mol. The van der Waals surface area contributed by atoms with E-state index in [0.29, 0.717) is 5.82 Å². The maximum atomic E-state index is 11.7. The lowest BCUT2D eigenvalue weighted by atomic mass is 10.3. The van der Waals surface area contributed by atoms with E-state index >= 15 is 0 Å². The van der Waals surface area contributed by atoms with Gasteiger partial charge < -0.3 is 10.6 Å². The van der Waals surface area contributed by atoms with Gasteiger partial charge in [-0.15, -0.1) is 10.2 Å². The van der Waals surface area contributed by atoms with Crippen LogP contribution in [-0.2, 0) is 9.84 Å². The Bertz CT molecular complexity index is 513. The molecule has 0 bridgehead atoms. The molecule has 0 saturated heterocycles. The Morgan fingerprint density at radius 3 is 2.53 bits per heavy atom. The molecule has 0 aromatic carbocycles. The Balaban J connectivity index is 2.50. The fourth-order valence-electron chi connectivity index (χ4n) is 1.28. The van der Waals surface area contributed by atoms with Crippen LogP contribution in [0.1, 0.15) is 24.3 Å². The molecular formula is C11H18N4O3S. The molecule has 0 spiro atoms. The molecule has 1 aromatic heterocycles. The van der Waals surface area contributed by atoms with Crippen molar-refractivity contribution < 1.29 is 13.2 Å². The number of nitrogens with zero attached hydrogens (tertiary/aromatic N) is 2. The van der Waals surface area contributed by atoms with Gasteiger partial charge in [0.25, 0.3) is 5.91 Å². The van der Waals surface area contributed by atoms with Gasteiger partial charge in [0.2, 0.25) is 0 Å². The first kappa shape index (κ1) is 15.4. The molecule has 0 radical (unpaired) electrons. The molecule has 1 aromatic rings. The predicted octanol–water partition coefficient (Wildman–Crippen LogP) is 0.0729. The number of anilines is 1. The third-order valence-electron chi connectivity index (χ3n) is 2.39. The average Bonchev–Trinajstić information content (AvgIpc) is 2.39. The van der Waals surface area contributed by atoms with Crippen molar-refractivity contribution in [3.05, 3.63) is 17.8 Å². The zero-order chi connectivity index (χ0) is 14.3. The van der Waals surface area contributed by atoms with E-state index in [0.717, 1.165) is 6.54 Å². The van der Waals surface area contributed by atoms with Crippen LogP contribution in [0.4, 0.5) is 5.82 Å². The molecule has 0 aliphatic heterocycles. The normalized spacial score (nSPS) is 11.1. The summed E-state index contributed by atoms with van der Waals surface area (Å²) in [7, 11) is -3.07. The highest BCUT2D eigenvalue weighted by Crippen LogP contribution is 2.01. The standard InChI is InChI=1S/C11H18N4O3S/c1-3-12-10-6-5-9(14-15-10)11(16)13-7-8-19(17,18)4-2/h5-6H,3-4,7-8H2,1-2H3,(H,12,15)(H,13,16). The topological polar surface area (TPSA) is 101 Å². The van der Waals surface area contributed by atoms with Gasteiger partial charge in [-0.2, -0.15) is 0 Å². The lowest BCUT2D eigenvalue weighted by Gasteiger charge is -2.05. The van der Waals surface area contributed by atoms with E-state index in [-0.39, 0.29) is 23.7 Å². The summed E-state index contributed by atoms with van der Waals surface area (Å²) >= 11 is 0. The van der Waals surface area contributed by atoms with Gasteiger partial charge in [0, 0.05) is 18.8 Å². The SMILES string of the molecule is CCNc1ccc(C(=O)NCCS(=O)(=O)CC)nn1. The second-order valence-corrected chi connectivity index (χ2v) is 6.30. The lowest BCUT2D eigenvalue weighted by Crippen LogP contribution is -2.30. The van der Waals surface area contributed by atoms with Crippen molar-refractivity contribution in [3.63, 3.8) is 0 Å². The molecule has 0 unspecified atom stereocenters. The third-order valence-corrected chi connectivity index (χ3v) is 4.10. The Hall–Kier alpha value is -1.70. The van der Waals surface area contributed by atoms with Gasteiger partial charge in [0.1, 0.15) is 5.82 Å². The summed E-state index contributed by atoms with van der Waals surface area (Å²) in [4.78, 5) is 11.7. The lowest BCUT2D eigenvalue weighted by molar-refractivity contribution is 0.0950. The van der Waals surface area contributed by atoms with Gasteiger partial charge >= 0.3 is 0 Å². The molecule has 106 valence electrons. The first-order valence-corrected chi connectivity index (χ1v) is 7.87. The minimum absolute atomic E-state index is 0.0695. The van der Waals surface area contributed by atoms with Crippen LogP contribution in [0.5, 0.6) is 0 Å². The molecule has 2 N–H and O–H groups in total. The highest BCUT2D eigenvalue weighted by Gasteiger charge is 2.11. The quantitative estimate of drug-likeness (QED) is 0.735. The van der Waals surface area contributed by atoms with Crippen LogP contribution in [0.2, 0.25) is 0 Å². The highest BCUT2D eigenvalue weighted by molar-refractivity contribution is 7.91. The maximum Gasteiger partial charge on any atom is 0.271 e. The molecule has 0 aliphatic rings. The molecule has 0 saturated carbocycles. The van der Waals surface area contributed by atoms with Gasteiger partial charge in [-0.05, 0) is 19.1 Å². The summed E-state index contributed by atoms with van der Waals surface area (Å²) in [6.07, 6.45) is 0. The number of hydrogen-bond donors (Lipinski definition) is 2. The first-order chi connectivity index (χ1) is 8.98. The molecule has 1 rings (SSSR count). The van der Waals surface area contributed by atoms with Crippen molar-refractivity contribution in [2.24, 2.45) is 0 Å². The summed E-state index contributed by atoms with van der Waals surface area (Å²) in [5, 5.41) is 13.0. The predicted molar refractivity (Wildman–Crippen MR) is 72.9 cm³/mol. The van der Waals surface area contributed by atoms with E-state index < -0.39 is 15.7 Å². The first-order valence-electron chi connectivity index (χ1n) is 6.04. The Morgan fingerprint density at radius 2 is 2.00 bits per heavy atom. The second-order valence-electron chi connectivity index (χ2n) is 3.83. The Morgan fingerprint density at radius 1 is 1.26 bits per heavy atom. The number of nitrogens with one attached hydrogen (secondary N) is 2. The van der Waals surface area contributed by atoms with Crippen LogP contribution in [0.25, 0.3) is 0 Å². The van der Waals surface area contributed by atoms with Gasteiger partial charge in [-0.3, -0.25) is 4.79 Å². The molecule has 19 heavy (non-hydrogen) atoms.